The third-order valence-electron chi connectivity index (χ3n) is 6.46. The highest BCUT2D eigenvalue weighted by Crippen LogP contribution is 2.39. The van der Waals surface area contributed by atoms with Gasteiger partial charge in [0.15, 0.2) is 0 Å². The number of likely N-dealkylation sites (N-methyl/N-ethyl adjacent to an activating group) is 1. The van der Waals surface area contributed by atoms with Crippen LogP contribution in [-0.2, 0) is 10.9 Å². The van der Waals surface area contributed by atoms with Gasteiger partial charge in [0.25, 0.3) is 5.91 Å². The van der Waals surface area contributed by atoms with Gasteiger partial charge in [-0.15, -0.1) is 0 Å². The Morgan fingerprint density at radius 1 is 1.21 bits per heavy atom. The number of hydrogen-bond donors (Lipinski definition) is 1. The van der Waals surface area contributed by atoms with Crippen molar-refractivity contribution < 1.29 is 22.7 Å². The van der Waals surface area contributed by atoms with Crippen LogP contribution in [0.4, 0.5) is 19.0 Å². The first-order chi connectivity index (χ1) is 16.1. The third-order valence-corrected chi connectivity index (χ3v) is 6.46. The Hall–Kier alpha value is -3.66. The van der Waals surface area contributed by atoms with Crippen molar-refractivity contribution >= 4 is 28.3 Å². The molecule has 0 bridgehead atoms. The van der Waals surface area contributed by atoms with E-state index in [1.165, 1.54) is 11.0 Å². The zero-order chi connectivity index (χ0) is 24.4. The molecule has 0 saturated heterocycles. The summed E-state index contributed by atoms with van der Waals surface area (Å²) in [6.07, 6.45) is -1.76. The van der Waals surface area contributed by atoms with E-state index in [4.69, 9.17) is 10.5 Å². The van der Waals surface area contributed by atoms with Gasteiger partial charge in [0.1, 0.15) is 11.3 Å². The van der Waals surface area contributed by atoms with Crippen LogP contribution in [0.3, 0.4) is 0 Å². The number of nitrogens with two attached hydrogens (primary N) is 1. The number of imidazole rings is 1. The summed E-state index contributed by atoms with van der Waals surface area (Å²) >= 11 is 0. The number of nitrogens with zero attached hydrogens (tertiary/aromatic N) is 4. The SMILES string of the molecule is Cc1cc2nc(N)c3cncn3c2cc1C(=O)N(C)[C@@H]1CO[C@H](C)c2cc(C(F)(F)F)ccc21. The topological polar surface area (TPSA) is 85.8 Å². The Bertz CT molecular complexity index is 1450. The molecule has 2 aromatic carbocycles. The van der Waals surface area contributed by atoms with Crippen molar-refractivity contribution in [2.24, 2.45) is 0 Å². The van der Waals surface area contributed by atoms with Gasteiger partial charge in [-0.3, -0.25) is 9.20 Å². The monoisotopic (exact) mass is 469 g/mol. The lowest BCUT2D eigenvalue weighted by molar-refractivity contribution is -0.137. The number of nitrogen functional groups attached to an aromatic ring is 1. The summed E-state index contributed by atoms with van der Waals surface area (Å²) < 4.78 is 47.3. The van der Waals surface area contributed by atoms with E-state index in [1.807, 2.05) is 0 Å². The molecule has 34 heavy (non-hydrogen) atoms. The maximum Gasteiger partial charge on any atom is 0.416 e. The second-order valence-electron chi connectivity index (χ2n) is 8.55. The molecule has 5 rings (SSSR count). The highest BCUT2D eigenvalue weighted by molar-refractivity contribution is 5.99. The molecule has 2 aromatic heterocycles. The molecule has 2 atom stereocenters. The van der Waals surface area contributed by atoms with E-state index >= 15 is 0 Å². The van der Waals surface area contributed by atoms with Gasteiger partial charge < -0.3 is 15.4 Å². The Balaban J connectivity index is 1.56. The van der Waals surface area contributed by atoms with Crippen LogP contribution in [0.15, 0.2) is 42.9 Å². The molecule has 1 aliphatic heterocycles. The van der Waals surface area contributed by atoms with Crippen LogP contribution >= 0.6 is 0 Å². The van der Waals surface area contributed by atoms with Crippen molar-refractivity contribution in [2.75, 3.05) is 19.4 Å². The fraction of sp³-hybridized carbons (Fsp3) is 0.292. The summed E-state index contributed by atoms with van der Waals surface area (Å²) in [5.74, 6) is 0.0578. The van der Waals surface area contributed by atoms with Crippen LogP contribution in [0, 0.1) is 6.92 Å². The van der Waals surface area contributed by atoms with E-state index in [0.717, 1.165) is 12.1 Å². The lowest BCUT2D eigenvalue weighted by Gasteiger charge is -2.36. The van der Waals surface area contributed by atoms with Crippen molar-refractivity contribution in [1.29, 1.82) is 0 Å². The van der Waals surface area contributed by atoms with Crippen molar-refractivity contribution in [1.82, 2.24) is 19.3 Å². The van der Waals surface area contributed by atoms with E-state index in [0.29, 0.717) is 44.6 Å². The lowest BCUT2D eigenvalue weighted by atomic mass is 9.91. The number of anilines is 1. The summed E-state index contributed by atoms with van der Waals surface area (Å²) in [6.45, 7) is 3.69. The molecular weight excluding hydrogens is 447 g/mol. The molecule has 7 nitrogen and oxygen atoms in total. The average Bonchev–Trinajstić information content (AvgIpc) is 3.28. The summed E-state index contributed by atoms with van der Waals surface area (Å²) in [4.78, 5) is 23.6. The number of hydrogen-bond acceptors (Lipinski definition) is 5. The molecule has 3 heterocycles. The van der Waals surface area contributed by atoms with E-state index in [1.54, 1.807) is 50.0 Å². The zero-order valence-corrected chi connectivity index (χ0v) is 18.7. The third kappa shape index (κ3) is 3.45. The molecule has 1 aliphatic rings. The van der Waals surface area contributed by atoms with Gasteiger partial charge in [-0.2, -0.15) is 13.2 Å². The molecule has 2 N–H and O–H groups in total. The minimum absolute atomic E-state index is 0.179. The number of ether oxygens (including phenoxy) is 1. The van der Waals surface area contributed by atoms with Crippen LogP contribution in [0.25, 0.3) is 16.6 Å². The molecule has 0 aliphatic carbocycles. The molecule has 0 fully saturated rings. The highest BCUT2D eigenvalue weighted by Gasteiger charge is 2.36. The van der Waals surface area contributed by atoms with Gasteiger partial charge in [-0.1, -0.05) is 6.07 Å². The minimum atomic E-state index is -4.46. The van der Waals surface area contributed by atoms with E-state index in [-0.39, 0.29) is 12.5 Å². The molecule has 10 heteroatoms. The molecule has 0 saturated carbocycles. The second-order valence-corrected chi connectivity index (χ2v) is 8.55. The summed E-state index contributed by atoms with van der Waals surface area (Å²) in [5.41, 5.74) is 9.44. The number of carbonyl (C=O) groups is 1. The van der Waals surface area contributed by atoms with Gasteiger partial charge in [-0.05, 0) is 54.8 Å². The number of carbonyl (C=O) groups excluding carboxylic acids is 1. The lowest BCUT2D eigenvalue weighted by Crippen LogP contribution is -2.37. The van der Waals surface area contributed by atoms with Crippen molar-refractivity contribution in [2.45, 2.75) is 32.2 Å². The second kappa shape index (κ2) is 7.69. The molecule has 1 amide bonds. The Morgan fingerprint density at radius 3 is 2.71 bits per heavy atom. The minimum Gasteiger partial charge on any atom is -0.382 e. The van der Waals surface area contributed by atoms with Gasteiger partial charge in [0.05, 0.1) is 47.9 Å². The number of benzene rings is 2. The van der Waals surface area contributed by atoms with Crippen LogP contribution in [0.5, 0.6) is 0 Å². The van der Waals surface area contributed by atoms with Crippen LogP contribution in [0.1, 0.15) is 51.7 Å². The molecule has 176 valence electrons. The first-order valence-corrected chi connectivity index (χ1v) is 10.7. The van der Waals surface area contributed by atoms with Crippen molar-refractivity contribution in [3.63, 3.8) is 0 Å². The quantitative estimate of drug-likeness (QED) is 0.460. The number of rotatable bonds is 2. The number of amides is 1. The number of fused-ring (bicyclic) bond motifs is 4. The first kappa shape index (κ1) is 22.1. The molecule has 4 aromatic rings. The number of alkyl halides is 3. The summed E-state index contributed by atoms with van der Waals surface area (Å²) in [6, 6.07) is 6.60. The number of aromatic nitrogens is 3. The zero-order valence-electron chi connectivity index (χ0n) is 18.7. The summed E-state index contributed by atoms with van der Waals surface area (Å²) in [7, 11) is 1.63. The predicted octanol–water partition coefficient (Wildman–Crippen LogP) is 4.70. The van der Waals surface area contributed by atoms with Crippen LogP contribution < -0.4 is 5.73 Å². The summed E-state index contributed by atoms with van der Waals surface area (Å²) in [5, 5.41) is 0. The molecule has 0 unspecified atom stereocenters. The van der Waals surface area contributed by atoms with Gasteiger partial charge in [-0.25, -0.2) is 9.97 Å². The molecule has 0 spiro atoms. The van der Waals surface area contributed by atoms with E-state index in [9.17, 15) is 18.0 Å². The van der Waals surface area contributed by atoms with E-state index in [2.05, 4.69) is 9.97 Å². The largest absolute Gasteiger partial charge is 0.416 e. The van der Waals surface area contributed by atoms with Crippen LogP contribution in [0.2, 0.25) is 0 Å². The van der Waals surface area contributed by atoms with Gasteiger partial charge in [0.2, 0.25) is 0 Å². The standard InChI is InChI=1S/C24H22F3N5O2/c1-12-6-18-19(32-11-29-9-20(32)22(28)30-18)8-16(12)23(33)31(3)21-10-34-13(2)17-7-14(24(25,26)27)4-5-15(17)21/h4-9,11,13,21H,10H2,1-3H3,(H2,28,30)/t13-,21-/m1/s1. The highest BCUT2D eigenvalue weighted by atomic mass is 19.4. The average molecular weight is 469 g/mol. The fourth-order valence-electron chi connectivity index (χ4n) is 4.53. The fourth-order valence-corrected chi connectivity index (χ4v) is 4.53. The molecular formula is C24H22F3N5O2. The normalized spacial score (nSPS) is 18.3. The van der Waals surface area contributed by atoms with E-state index < -0.39 is 23.9 Å². The Labute approximate surface area is 193 Å². The maximum atomic E-state index is 13.6. The number of aryl methyl sites for hydroxylation is 1. The maximum absolute atomic E-state index is 13.6. The first-order valence-electron chi connectivity index (χ1n) is 10.7. The van der Waals surface area contributed by atoms with Crippen molar-refractivity contribution in [3.05, 3.63) is 70.7 Å². The Morgan fingerprint density at radius 2 is 1.97 bits per heavy atom. The van der Waals surface area contributed by atoms with Gasteiger partial charge in [0, 0.05) is 12.6 Å². The number of halogens is 3. The Kier molecular flexibility index (Phi) is 5.01. The molecule has 0 radical (unpaired) electrons. The predicted molar refractivity (Wildman–Crippen MR) is 120 cm³/mol. The van der Waals surface area contributed by atoms with Crippen LogP contribution in [-0.4, -0.2) is 38.8 Å². The van der Waals surface area contributed by atoms with Gasteiger partial charge >= 0.3 is 6.18 Å². The smallest absolute Gasteiger partial charge is 0.382 e. The van der Waals surface area contributed by atoms with Crippen molar-refractivity contribution in [3.8, 4) is 0 Å².